The van der Waals surface area contributed by atoms with Crippen LogP contribution in [0.3, 0.4) is 0 Å². The van der Waals surface area contributed by atoms with E-state index in [2.05, 4.69) is 35.3 Å². The van der Waals surface area contributed by atoms with E-state index >= 15 is 0 Å². The predicted molar refractivity (Wildman–Crippen MR) is 85.5 cm³/mol. The molecule has 3 nitrogen and oxygen atoms in total. The van der Waals surface area contributed by atoms with Gasteiger partial charge in [-0.05, 0) is 34.9 Å². The Morgan fingerprint density at radius 1 is 1.10 bits per heavy atom. The van der Waals surface area contributed by atoms with Crippen LogP contribution >= 0.6 is 11.3 Å². The van der Waals surface area contributed by atoms with Gasteiger partial charge in [0.25, 0.3) is 0 Å². The van der Waals surface area contributed by atoms with Gasteiger partial charge in [-0.3, -0.25) is 5.73 Å². The molecule has 4 heteroatoms. The summed E-state index contributed by atoms with van der Waals surface area (Å²) in [6.45, 7) is 0. The number of aromatic amines is 1. The van der Waals surface area contributed by atoms with E-state index in [0.717, 1.165) is 17.3 Å². The number of hydrogen-bond acceptors (Lipinski definition) is 3. The van der Waals surface area contributed by atoms with Crippen molar-refractivity contribution in [1.82, 2.24) is 0 Å². The normalized spacial score (nSPS) is 12.0. The molecule has 1 aliphatic rings. The highest BCUT2D eigenvalue weighted by Crippen LogP contribution is 2.39. The van der Waals surface area contributed by atoms with Crippen LogP contribution in [0.1, 0.15) is 10.4 Å². The van der Waals surface area contributed by atoms with Crippen LogP contribution in [0, 0.1) is 0 Å². The number of H-pyrrole nitrogens is 1. The van der Waals surface area contributed by atoms with Crippen LogP contribution in [-0.2, 0) is 6.42 Å². The third kappa shape index (κ3) is 1.99. The Labute approximate surface area is 127 Å². The Kier molecular flexibility index (Phi) is 2.72. The molecule has 0 spiro atoms. The van der Waals surface area contributed by atoms with Gasteiger partial charge in [0.1, 0.15) is 11.4 Å². The van der Waals surface area contributed by atoms with Gasteiger partial charge in [-0.2, -0.15) is 0 Å². The number of hydrogen-bond donors (Lipinski definition) is 1. The van der Waals surface area contributed by atoms with Gasteiger partial charge < -0.3 is 4.74 Å². The molecule has 0 bridgehead atoms. The third-order valence-electron chi connectivity index (χ3n) is 3.91. The van der Waals surface area contributed by atoms with Crippen molar-refractivity contribution in [2.45, 2.75) is 6.42 Å². The number of methoxy groups -OCH3 is 1. The second kappa shape index (κ2) is 4.60. The average molecular weight is 295 g/mol. The summed E-state index contributed by atoms with van der Waals surface area (Å²) in [5.74, 6) is 0.882. The number of fused-ring (bicyclic) bond motifs is 3. The quantitative estimate of drug-likeness (QED) is 0.616. The van der Waals surface area contributed by atoms with Crippen molar-refractivity contribution in [3.8, 4) is 28.1 Å². The molecule has 0 aliphatic heterocycles. The first kappa shape index (κ1) is 12.4. The van der Waals surface area contributed by atoms with Gasteiger partial charge in [-0.15, -0.1) is 0 Å². The van der Waals surface area contributed by atoms with Gasteiger partial charge in [0.2, 0.25) is 0 Å². The lowest BCUT2D eigenvalue weighted by Gasteiger charge is -2.06. The first-order chi connectivity index (χ1) is 10.2. The molecule has 0 fully saturated rings. The Morgan fingerprint density at radius 2 is 1.86 bits per heavy atom. The van der Waals surface area contributed by atoms with Crippen molar-refractivity contribution < 1.29 is 9.72 Å². The van der Waals surface area contributed by atoms with Gasteiger partial charge in [-0.25, -0.2) is 4.98 Å². The summed E-state index contributed by atoms with van der Waals surface area (Å²) in [4.78, 5) is 4.59. The SMILES string of the molecule is COc1ccc(-c2ccc3c(c2)Cc2sc(N)[nH+]c2-3)cc1. The van der Waals surface area contributed by atoms with E-state index in [1.54, 1.807) is 18.4 Å². The van der Waals surface area contributed by atoms with E-state index in [1.807, 2.05) is 12.1 Å². The number of thiazole rings is 1. The number of anilines is 1. The number of nitrogens with two attached hydrogens (primary N) is 1. The van der Waals surface area contributed by atoms with Crippen LogP contribution in [-0.4, -0.2) is 7.11 Å². The van der Waals surface area contributed by atoms with Gasteiger partial charge in [0.15, 0.2) is 0 Å². The molecule has 0 saturated heterocycles. The zero-order valence-corrected chi connectivity index (χ0v) is 12.5. The zero-order valence-electron chi connectivity index (χ0n) is 11.6. The van der Waals surface area contributed by atoms with Crippen LogP contribution in [0.5, 0.6) is 5.75 Å². The van der Waals surface area contributed by atoms with Gasteiger partial charge in [0, 0.05) is 12.0 Å². The van der Waals surface area contributed by atoms with Crippen molar-refractivity contribution >= 4 is 16.5 Å². The Morgan fingerprint density at radius 3 is 2.62 bits per heavy atom. The van der Waals surface area contributed by atoms with Crippen molar-refractivity contribution in [3.63, 3.8) is 0 Å². The standard InChI is InChI=1S/C17H14N2OS/c1-20-13-5-2-10(3-6-13)11-4-7-14-12(8-11)9-15-16(14)19-17(18)21-15/h2-8H,9H2,1H3,(H2,18,19)/p+1. The summed E-state index contributed by atoms with van der Waals surface area (Å²) in [7, 11) is 1.69. The number of nitrogens with one attached hydrogen (secondary N) is 1. The lowest BCUT2D eigenvalue weighted by atomic mass is 10.00. The van der Waals surface area contributed by atoms with Crippen LogP contribution in [0.25, 0.3) is 22.4 Å². The Balaban J connectivity index is 1.74. The van der Waals surface area contributed by atoms with E-state index in [4.69, 9.17) is 10.5 Å². The number of benzene rings is 2. The highest BCUT2D eigenvalue weighted by molar-refractivity contribution is 7.15. The molecule has 1 aliphatic carbocycles. The number of aromatic nitrogens is 1. The lowest BCUT2D eigenvalue weighted by Crippen LogP contribution is -2.06. The molecule has 0 radical (unpaired) electrons. The molecule has 3 aromatic rings. The van der Waals surface area contributed by atoms with Crippen LogP contribution in [0.4, 0.5) is 5.13 Å². The van der Waals surface area contributed by atoms with Crippen molar-refractivity contribution in [1.29, 1.82) is 0 Å². The highest BCUT2D eigenvalue weighted by Gasteiger charge is 2.25. The van der Waals surface area contributed by atoms with Crippen LogP contribution in [0.2, 0.25) is 0 Å². The van der Waals surface area contributed by atoms with E-state index in [0.29, 0.717) is 0 Å². The molecule has 104 valence electrons. The molecule has 4 rings (SSSR count). The van der Waals surface area contributed by atoms with Crippen molar-refractivity contribution in [2.24, 2.45) is 0 Å². The topological polar surface area (TPSA) is 49.4 Å². The fraction of sp³-hybridized carbons (Fsp3) is 0.118. The van der Waals surface area contributed by atoms with Gasteiger partial charge in [0.05, 0.1) is 12.0 Å². The fourth-order valence-electron chi connectivity index (χ4n) is 2.86. The predicted octanol–water partition coefficient (Wildman–Crippen LogP) is 3.39. The maximum absolute atomic E-state index is 5.85. The molecule has 0 unspecified atom stereocenters. The van der Waals surface area contributed by atoms with Gasteiger partial charge in [-0.1, -0.05) is 35.6 Å². The smallest absolute Gasteiger partial charge is 0.330 e. The summed E-state index contributed by atoms with van der Waals surface area (Å²) in [6, 6.07) is 14.8. The summed E-state index contributed by atoms with van der Waals surface area (Å²) in [5, 5.41) is 0.782. The minimum absolute atomic E-state index is 0.782. The number of rotatable bonds is 2. The minimum Gasteiger partial charge on any atom is -0.497 e. The first-order valence-corrected chi connectivity index (χ1v) is 7.64. The van der Waals surface area contributed by atoms with Crippen molar-refractivity contribution in [2.75, 3.05) is 12.8 Å². The van der Waals surface area contributed by atoms with Crippen LogP contribution < -0.4 is 15.5 Å². The summed E-state index contributed by atoms with van der Waals surface area (Å²) >= 11 is 1.65. The molecular weight excluding hydrogens is 280 g/mol. The molecule has 21 heavy (non-hydrogen) atoms. The molecule has 0 amide bonds. The van der Waals surface area contributed by atoms with Crippen molar-refractivity contribution in [3.05, 3.63) is 52.9 Å². The molecule has 0 saturated carbocycles. The largest absolute Gasteiger partial charge is 0.497 e. The average Bonchev–Trinajstić information content (AvgIpc) is 3.02. The monoisotopic (exact) mass is 295 g/mol. The number of nitrogen functional groups attached to an aromatic ring is 1. The Bertz CT molecular complexity index is 821. The summed E-state index contributed by atoms with van der Waals surface area (Å²) in [5.41, 5.74) is 12.1. The second-order valence-electron chi connectivity index (χ2n) is 5.17. The van der Waals surface area contributed by atoms with E-state index in [9.17, 15) is 0 Å². The molecule has 2 aromatic carbocycles. The first-order valence-electron chi connectivity index (χ1n) is 6.83. The van der Waals surface area contributed by atoms with Gasteiger partial charge >= 0.3 is 5.13 Å². The fourth-order valence-corrected chi connectivity index (χ4v) is 3.77. The highest BCUT2D eigenvalue weighted by atomic mass is 32.1. The lowest BCUT2D eigenvalue weighted by molar-refractivity contribution is -0.340. The zero-order chi connectivity index (χ0) is 14.4. The Hall–Kier alpha value is -2.33. The summed E-state index contributed by atoms with van der Waals surface area (Å²) < 4.78 is 5.21. The molecule has 0 atom stereocenters. The third-order valence-corrected chi connectivity index (χ3v) is 4.83. The molecule has 1 aromatic heterocycles. The van der Waals surface area contributed by atoms with E-state index in [1.165, 1.54) is 32.8 Å². The minimum atomic E-state index is 0.782. The molecule has 1 heterocycles. The molecular formula is C17H15N2OS+. The van der Waals surface area contributed by atoms with E-state index in [-0.39, 0.29) is 0 Å². The number of ether oxygens (including phenoxy) is 1. The maximum Gasteiger partial charge on any atom is 0.330 e. The molecule has 3 N–H and O–H groups in total. The second-order valence-corrected chi connectivity index (χ2v) is 6.30. The van der Waals surface area contributed by atoms with E-state index < -0.39 is 0 Å². The van der Waals surface area contributed by atoms with Crippen LogP contribution in [0.15, 0.2) is 42.5 Å². The summed E-state index contributed by atoms with van der Waals surface area (Å²) in [6.07, 6.45) is 0.965. The maximum atomic E-state index is 5.85.